The Balaban J connectivity index is 2.08. The third-order valence-corrected chi connectivity index (χ3v) is 3.10. The second kappa shape index (κ2) is 6.43. The Morgan fingerprint density at radius 2 is 2.00 bits per heavy atom. The highest BCUT2D eigenvalue weighted by atomic mass is 35.5. The van der Waals surface area contributed by atoms with E-state index < -0.39 is 17.9 Å². The Hall–Kier alpha value is -2.31. The van der Waals surface area contributed by atoms with Gasteiger partial charge in [-0.15, -0.1) is 0 Å². The van der Waals surface area contributed by atoms with E-state index in [0.717, 1.165) is 0 Å². The van der Waals surface area contributed by atoms with E-state index in [1.54, 1.807) is 30.3 Å². The molecule has 1 aromatic heterocycles. The van der Waals surface area contributed by atoms with Crippen LogP contribution in [0.25, 0.3) is 11.3 Å². The number of hydrogen-bond acceptors (Lipinski definition) is 4. The van der Waals surface area contributed by atoms with Gasteiger partial charge in [0.15, 0.2) is 5.76 Å². The molecule has 0 aliphatic carbocycles. The zero-order valence-corrected chi connectivity index (χ0v) is 11.6. The van der Waals surface area contributed by atoms with Crippen LogP contribution in [0.2, 0.25) is 5.02 Å². The lowest BCUT2D eigenvalue weighted by Crippen LogP contribution is -2.42. The van der Waals surface area contributed by atoms with E-state index in [9.17, 15) is 9.59 Å². The molecule has 0 saturated heterocycles. The number of nitrogens with one attached hydrogen (secondary N) is 1. The second-order valence-corrected chi connectivity index (χ2v) is 4.71. The van der Waals surface area contributed by atoms with Gasteiger partial charge in [0.25, 0.3) is 5.91 Å². The lowest BCUT2D eigenvalue weighted by atomic mass is 10.2. The summed E-state index contributed by atoms with van der Waals surface area (Å²) in [7, 11) is 0. The number of carboxylic acid groups (broad SMARTS) is 1. The number of aliphatic carboxylic acids is 1. The van der Waals surface area contributed by atoms with Crippen LogP contribution in [0.3, 0.4) is 0 Å². The number of carbonyl (C=O) groups excluding carboxylic acids is 1. The van der Waals surface area contributed by atoms with Gasteiger partial charge in [0.05, 0.1) is 5.02 Å². The topological polar surface area (TPSA) is 106 Å². The molecule has 1 amide bonds. The number of hydrogen-bond donors (Lipinski definition) is 3. The van der Waals surface area contributed by atoms with E-state index >= 15 is 0 Å². The molecule has 0 bridgehead atoms. The monoisotopic (exact) mass is 308 g/mol. The van der Waals surface area contributed by atoms with Gasteiger partial charge in [-0.2, -0.15) is 0 Å². The number of nitrogens with two attached hydrogens (primary N) is 1. The van der Waals surface area contributed by atoms with Gasteiger partial charge in [-0.1, -0.05) is 23.7 Å². The lowest BCUT2D eigenvalue weighted by Gasteiger charge is -2.06. The number of benzene rings is 1. The van der Waals surface area contributed by atoms with Crippen molar-refractivity contribution in [2.24, 2.45) is 5.73 Å². The average Bonchev–Trinajstić information content (AvgIpc) is 2.94. The van der Waals surface area contributed by atoms with Crippen LogP contribution in [0.1, 0.15) is 10.6 Å². The molecule has 4 N–H and O–H groups in total. The molecular weight excluding hydrogens is 296 g/mol. The van der Waals surface area contributed by atoms with Gasteiger partial charge in [-0.3, -0.25) is 9.59 Å². The van der Waals surface area contributed by atoms with Crippen LogP contribution in [-0.2, 0) is 4.79 Å². The van der Waals surface area contributed by atoms with Crippen molar-refractivity contribution in [2.45, 2.75) is 6.04 Å². The summed E-state index contributed by atoms with van der Waals surface area (Å²) in [6.45, 7) is -0.184. The molecule has 0 spiro atoms. The molecule has 0 fully saturated rings. The first-order chi connectivity index (χ1) is 9.99. The Labute approximate surface area is 125 Å². The van der Waals surface area contributed by atoms with Gasteiger partial charge in [-0.25, -0.2) is 0 Å². The van der Waals surface area contributed by atoms with E-state index in [4.69, 9.17) is 26.9 Å². The van der Waals surface area contributed by atoms with Crippen molar-refractivity contribution in [2.75, 3.05) is 6.54 Å². The van der Waals surface area contributed by atoms with Crippen LogP contribution in [0.4, 0.5) is 0 Å². The molecule has 0 saturated carbocycles. The molecule has 0 radical (unpaired) electrons. The van der Waals surface area contributed by atoms with Crippen molar-refractivity contribution >= 4 is 23.5 Å². The number of rotatable bonds is 5. The predicted molar refractivity (Wildman–Crippen MR) is 77.1 cm³/mol. The number of furan rings is 1. The van der Waals surface area contributed by atoms with Gasteiger partial charge in [0, 0.05) is 12.1 Å². The SMILES string of the molecule is N[C@H](CNC(=O)c1ccc(-c2ccccc2Cl)o1)C(=O)O. The highest BCUT2D eigenvalue weighted by Crippen LogP contribution is 2.28. The van der Waals surface area contributed by atoms with Crippen molar-refractivity contribution in [1.82, 2.24) is 5.32 Å². The standard InChI is InChI=1S/C14H13ClN2O4/c15-9-4-2-1-3-8(9)11-5-6-12(21-11)13(18)17-7-10(16)14(19)20/h1-6,10H,7,16H2,(H,17,18)(H,19,20)/t10-/m1/s1. The second-order valence-electron chi connectivity index (χ2n) is 4.30. The van der Waals surface area contributed by atoms with Crippen LogP contribution in [0.5, 0.6) is 0 Å². The van der Waals surface area contributed by atoms with Gasteiger partial charge in [-0.05, 0) is 24.3 Å². The van der Waals surface area contributed by atoms with Crippen LogP contribution in [0, 0.1) is 0 Å². The lowest BCUT2D eigenvalue weighted by molar-refractivity contribution is -0.138. The average molecular weight is 309 g/mol. The first-order valence-corrected chi connectivity index (χ1v) is 6.48. The molecule has 1 heterocycles. The Bertz CT molecular complexity index is 668. The van der Waals surface area contributed by atoms with Crippen molar-refractivity contribution in [1.29, 1.82) is 0 Å². The number of halogens is 1. The molecule has 0 aliphatic rings. The van der Waals surface area contributed by atoms with E-state index in [2.05, 4.69) is 5.32 Å². The maximum Gasteiger partial charge on any atom is 0.322 e. The van der Waals surface area contributed by atoms with E-state index in [0.29, 0.717) is 16.3 Å². The molecule has 1 atom stereocenters. The first-order valence-electron chi connectivity index (χ1n) is 6.10. The molecule has 1 aromatic carbocycles. The molecular formula is C14H13ClN2O4. The Morgan fingerprint density at radius 1 is 1.29 bits per heavy atom. The van der Waals surface area contributed by atoms with Crippen molar-refractivity contribution in [3.05, 3.63) is 47.2 Å². The highest BCUT2D eigenvalue weighted by molar-refractivity contribution is 6.33. The smallest absolute Gasteiger partial charge is 0.322 e. The van der Waals surface area contributed by atoms with Crippen molar-refractivity contribution in [3.63, 3.8) is 0 Å². The van der Waals surface area contributed by atoms with Gasteiger partial charge < -0.3 is 20.6 Å². The zero-order chi connectivity index (χ0) is 15.4. The fraction of sp³-hybridized carbons (Fsp3) is 0.143. The van der Waals surface area contributed by atoms with Gasteiger partial charge >= 0.3 is 5.97 Å². The molecule has 2 rings (SSSR count). The minimum Gasteiger partial charge on any atom is -0.480 e. The van der Waals surface area contributed by atoms with Gasteiger partial charge in [0.2, 0.25) is 0 Å². The molecule has 2 aromatic rings. The minimum absolute atomic E-state index is 0.0579. The molecule has 0 aliphatic heterocycles. The number of amides is 1. The Kier molecular flexibility index (Phi) is 4.62. The summed E-state index contributed by atoms with van der Waals surface area (Å²) >= 11 is 6.04. The summed E-state index contributed by atoms with van der Waals surface area (Å²) in [5, 5.41) is 11.5. The van der Waals surface area contributed by atoms with Gasteiger partial charge in [0.1, 0.15) is 11.8 Å². The van der Waals surface area contributed by atoms with E-state index in [1.807, 2.05) is 0 Å². The van der Waals surface area contributed by atoms with Crippen LogP contribution < -0.4 is 11.1 Å². The summed E-state index contributed by atoms with van der Waals surface area (Å²) in [5.74, 6) is -1.22. The third-order valence-electron chi connectivity index (χ3n) is 2.77. The van der Waals surface area contributed by atoms with Crippen molar-refractivity contribution < 1.29 is 19.1 Å². The predicted octanol–water partition coefficient (Wildman–Crippen LogP) is 1.74. The van der Waals surface area contributed by atoms with Crippen LogP contribution in [-0.4, -0.2) is 29.6 Å². The van der Waals surface area contributed by atoms with Crippen LogP contribution >= 0.6 is 11.6 Å². The molecule has 110 valence electrons. The zero-order valence-electron chi connectivity index (χ0n) is 10.9. The van der Waals surface area contributed by atoms with Crippen molar-refractivity contribution in [3.8, 4) is 11.3 Å². The first kappa shape index (κ1) is 15.1. The maximum atomic E-state index is 11.8. The summed E-state index contributed by atoms with van der Waals surface area (Å²) in [4.78, 5) is 22.4. The third kappa shape index (κ3) is 3.62. The number of carboxylic acids is 1. The quantitative estimate of drug-likeness (QED) is 0.780. The summed E-state index contributed by atoms with van der Waals surface area (Å²) in [6, 6.07) is 9.01. The summed E-state index contributed by atoms with van der Waals surface area (Å²) < 4.78 is 5.42. The molecule has 6 nitrogen and oxygen atoms in total. The Morgan fingerprint density at radius 3 is 2.67 bits per heavy atom. The van der Waals surface area contributed by atoms with E-state index in [1.165, 1.54) is 6.07 Å². The van der Waals surface area contributed by atoms with E-state index in [-0.39, 0.29) is 12.3 Å². The minimum atomic E-state index is -1.19. The molecule has 0 unspecified atom stereocenters. The molecule has 7 heteroatoms. The summed E-state index contributed by atoms with van der Waals surface area (Å²) in [6.07, 6.45) is 0. The normalized spacial score (nSPS) is 11.9. The van der Waals surface area contributed by atoms with Crippen LogP contribution in [0.15, 0.2) is 40.8 Å². The molecule has 21 heavy (non-hydrogen) atoms. The largest absolute Gasteiger partial charge is 0.480 e. The fourth-order valence-electron chi connectivity index (χ4n) is 1.64. The number of carbonyl (C=O) groups is 2. The summed E-state index contributed by atoms with van der Waals surface area (Å²) in [5.41, 5.74) is 5.96. The maximum absolute atomic E-state index is 11.8. The highest BCUT2D eigenvalue weighted by Gasteiger charge is 2.16. The fourth-order valence-corrected chi connectivity index (χ4v) is 1.87.